The van der Waals surface area contributed by atoms with Gasteiger partial charge in [-0.05, 0) is 18.2 Å². The van der Waals surface area contributed by atoms with E-state index in [0.29, 0.717) is 10.9 Å². The van der Waals surface area contributed by atoms with E-state index in [2.05, 4.69) is 5.10 Å². The van der Waals surface area contributed by atoms with Crippen LogP contribution in [0.15, 0.2) is 30.3 Å². The third-order valence-corrected chi connectivity index (χ3v) is 3.47. The van der Waals surface area contributed by atoms with Crippen molar-refractivity contribution in [2.24, 2.45) is 0 Å². The lowest BCUT2D eigenvalue weighted by Gasteiger charge is -2.04. The summed E-state index contributed by atoms with van der Waals surface area (Å²) in [6.45, 7) is 0. The minimum absolute atomic E-state index is 0.0601. The number of nitrogens with zero attached hydrogens (tertiary/aromatic N) is 2. The van der Waals surface area contributed by atoms with Crippen LogP contribution in [-0.4, -0.2) is 20.0 Å². The number of benzene rings is 2. The van der Waals surface area contributed by atoms with Crippen LogP contribution in [0.1, 0.15) is 0 Å². The molecule has 0 bridgehead atoms. The Hall–Kier alpha value is -1.98. The summed E-state index contributed by atoms with van der Waals surface area (Å²) in [6.07, 6.45) is 0. The second kappa shape index (κ2) is 4.54. The summed E-state index contributed by atoms with van der Waals surface area (Å²) in [5.41, 5.74) is 0.418. The van der Waals surface area contributed by atoms with Crippen LogP contribution in [0.5, 0.6) is 11.5 Å². The molecule has 0 amide bonds. The van der Waals surface area contributed by atoms with Gasteiger partial charge in [0.05, 0.1) is 5.02 Å². The molecule has 0 unspecified atom stereocenters. The summed E-state index contributed by atoms with van der Waals surface area (Å²) in [4.78, 5) is 0. The first-order valence-corrected chi connectivity index (χ1v) is 6.28. The van der Waals surface area contributed by atoms with Crippen molar-refractivity contribution in [3.05, 3.63) is 46.3 Å². The lowest BCUT2D eigenvalue weighted by Crippen LogP contribution is -1.99. The first-order chi connectivity index (χ1) is 9.47. The largest absolute Gasteiger partial charge is 0.508 e. The van der Waals surface area contributed by atoms with E-state index >= 15 is 0 Å². The molecule has 0 saturated carbocycles. The van der Waals surface area contributed by atoms with Crippen molar-refractivity contribution in [1.29, 1.82) is 0 Å². The standard InChI is InChI=1S/C13H7Cl2FN2O2/c14-9-4-7(20)3-8-12(9)17-18(13(8)15)11-2-1-6(19)5-10(11)16/h1-5,19-20H. The molecule has 1 heterocycles. The van der Waals surface area contributed by atoms with Crippen molar-refractivity contribution in [2.75, 3.05) is 0 Å². The van der Waals surface area contributed by atoms with E-state index in [1.54, 1.807) is 0 Å². The fourth-order valence-electron chi connectivity index (χ4n) is 1.93. The summed E-state index contributed by atoms with van der Waals surface area (Å²) in [6, 6.07) is 6.34. The second-order valence-electron chi connectivity index (χ2n) is 4.16. The van der Waals surface area contributed by atoms with E-state index in [9.17, 15) is 14.6 Å². The van der Waals surface area contributed by atoms with Crippen LogP contribution in [0.2, 0.25) is 10.2 Å². The molecule has 0 radical (unpaired) electrons. The Kier molecular flexibility index (Phi) is 2.96. The number of fused-ring (bicyclic) bond motifs is 1. The predicted molar refractivity (Wildman–Crippen MR) is 74.4 cm³/mol. The lowest BCUT2D eigenvalue weighted by molar-refractivity contribution is 0.468. The third-order valence-electron chi connectivity index (χ3n) is 2.82. The van der Waals surface area contributed by atoms with E-state index in [0.717, 1.165) is 10.7 Å². The Morgan fingerprint density at radius 1 is 1.05 bits per heavy atom. The van der Waals surface area contributed by atoms with Gasteiger partial charge in [-0.15, -0.1) is 0 Å². The van der Waals surface area contributed by atoms with Crippen LogP contribution in [0, 0.1) is 5.82 Å². The van der Waals surface area contributed by atoms with E-state index in [-0.39, 0.29) is 27.4 Å². The Morgan fingerprint density at radius 3 is 2.50 bits per heavy atom. The van der Waals surface area contributed by atoms with Gasteiger partial charge in [-0.1, -0.05) is 23.2 Å². The summed E-state index contributed by atoms with van der Waals surface area (Å²) in [5.74, 6) is -0.940. The highest BCUT2D eigenvalue weighted by Gasteiger charge is 2.17. The molecule has 2 aromatic carbocycles. The van der Waals surface area contributed by atoms with Crippen LogP contribution in [0.3, 0.4) is 0 Å². The lowest BCUT2D eigenvalue weighted by atomic mass is 10.2. The van der Waals surface area contributed by atoms with Crippen LogP contribution in [-0.2, 0) is 0 Å². The van der Waals surface area contributed by atoms with Crippen molar-refractivity contribution >= 4 is 34.1 Å². The summed E-state index contributed by atoms with van der Waals surface area (Å²) in [7, 11) is 0. The van der Waals surface area contributed by atoms with Crippen molar-refractivity contribution in [3.8, 4) is 17.2 Å². The van der Waals surface area contributed by atoms with Gasteiger partial charge in [0.25, 0.3) is 0 Å². The summed E-state index contributed by atoms with van der Waals surface area (Å²) >= 11 is 12.1. The number of aromatic nitrogens is 2. The van der Waals surface area contributed by atoms with Crippen molar-refractivity contribution < 1.29 is 14.6 Å². The molecule has 3 aromatic rings. The van der Waals surface area contributed by atoms with E-state index < -0.39 is 5.82 Å². The van der Waals surface area contributed by atoms with Crippen LogP contribution in [0.4, 0.5) is 4.39 Å². The zero-order valence-electron chi connectivity index (χ0n) is 9.81. The monoisotopic (exact) mass is 312 g/mol. The smallest absolute Gasteiger partial charge is 0.152 e. The highest BCUT2D eigenvalue weighted by molar-refractivity contribution is 6.39. The number of phenolic OH excluding ortho intramolecular Hbond substituents is 2. The van der Waals surface area contributed by atoms with Gasteiger partial charge in [0.15, 0.2) is 5.82 Å². The molecule has 0 aliphatic heterocycles. The van der Waals surface area contributed by atoms with E-state index in [1.165, 1.54) is 24.3 Å². The zero-order chi connectivity index (χ0) is 14.4. The molecule has 4 nitrogen and oxygen atoms in total. The van der Waals surface area contributed by atoms with Crippen molar-refractivity contribution in [2.45, 2.75) is 0 Å². The van der Waals surface area contributed by atoms with Gasteiger partial charge in [-0.2, -0.15) is 5.10 Å². The number of hydrogen-bond donors (Lipinski definition) is 2. The maximum Gasteiger partial charge on any atom is 0.152 e. The van der Waals surface area contributed by atoms with E-state index in [4.69, 9.17) is 23.2 Å². The van der Waals surface area contributed by atoms with Crippen LogP contribution >= 0.6 is 23.2 Å². The fourth-order valence-corrected chi connectivity index (χ4v) is 2.45. The minimum atomic E-state index is -0.681. The average Bonchev–Trinajstić information content (AvgIpc) is 2.68. The van der Waals surface area contributed by atoms with Crippen LogP contribution in [0.25, 0.3) is 16.6 Å². The van der Waals surface area contributed by atoms with Gasteiger partial charge in [-0.3, -0.25) is 0 Å². The number of hydrogen-bond acceptors (Lipinski definition) is 3. The maximum absolute atomic E-state index is 13.9. The zero-order valence-corrected chi connectivity index (χ0v) is 11.3. The molecule has 0 fully saturated rings. The molecule has 0 saturated heterocycles. The molecule has 7 heteroatoms. The molecule has 0 aliphatic carbocycles. The van der Waals surface area contributed by atoms with E-state index in [1.807, 2.05) is 0 Å². The topological polar surface area (TPSA) is 58.3 Å². The Bertz CT molecular complexity index is 833. The highest BCUT2D eigenvalue weighted by atomic mass is 35.5. The first-order valence-electron chi connectivity index (χ1n) is 5.53. The predicted octanol–water partition coefficient (Wildman–Crippen LogP) is 3.88. The molecule has 2 N–H and O–H groups in total. The van der Waals surface area contributed by atoms with Crippen molar-refractivity contribution in [1.82, 2.24) is 9.78 Å². The first kappa shape index (κ1) is 13.0. The molecule has 1 aromatic heterocycles. The molecule has 0 aliphatic rings. The third kappa shape index (κ3) is 1.95. The highest BCUT2D eigenvalue weighted by Crippen LogP contribution is 2.34. The van der Waals surface area contributed by atoms with Gasteiger partial charge in [0.1, 0.15) is 27.9 Å². The SMILES string of the molecule is Oc1ccc(-n2nc3c(Cl)cc(O)cc3c2Cl)c(F)c1. The molecule has 0 spiro atoms. The average molecular weight is 313 g/mol. The minimum Gasteiger partial charge on any atom is -0.508 e. The normalized spacial score (nSPS) is 11.2. The molecule has 3 rings (SSSR count). The molecular formula is C13H7Cl2FN2O2. The number of halogens is 3. The molecule has 0 atom stereocenters. The maximum atomic E-state index is 13.9. The molecule has 102 valence electrons. The van der Waals surface area contributed by atoms with Gasteiger partial charge < -0.3 is 10.2 Å². The van der Waals surface area contributed by atoms with Gasteiger partial charge in [-0.25, -0.2) is 9.07 Å². The Morgan fingerprint density at radius 2 is 1.80 bits per heavy atom. The number of phenols is 2. The van der Waals surface area contributed by atoms with Crippen LogP contribution < -0.4 is 0 Å². The van der Waals surface area contributed by atoms with Gasteiger partial charge >= 0.3 is 0 Å². The number of rotatable bonds is 1. The summed E-state index contributed by atoms with van der Waals surface area (Å²) < 4.78 is 15.0. The second-order valence-corrected chi connectivity index (χ2v) is 4.93. The fraction of sp³-hybridized carbons (Fsp3) is 0. The quantitative estimate of drug-likeness (QED) is 0.717. The Balaban J connectivity index is 2.32. The van der Waals surface area contributed by atoms with Crippen molar-refractivity contribution in [3.63, 3.8) is 0 Å². The van der Waals surface area contributed by atoms with Gasteiger partial charge in [0, 0.05) is 17.5 Å². The molecule has 20 heavy (non-hydrogen) atoms. The number of aromatic hydroxyl groups is 2. The molecular weight excluding hydrogens is 306 g/mol. The van der Waals surface area contributed by atoms with Gasteiger partial charge in [0.2, 0.25) is 0 Å². The summed E-state index contributed by atoms with van der Waals surface area (Å²) in [5, 5.41) is 23.6. The Labute approximate surface area is 122 Å².